The van der Waals surface area contributed by atoms with Crippen LogP contribution < -0.4 is 0 Å². The van der Waals surface area contributed by atoms with Gasteiger partial charge >= 0.3 is 5.97 Å². The number of aromatic nitrogens is 4. The first-order chi connectivity index (χ1) is 9.29. The molecule has 0 radical (unpaired) electrons. The van der Waals surface area contributed by atoms with Crippen molar-refractivity contribution in [3.8, 4) is 0 Å². The standard InChI is InChI=1S/C13H14N4O2/c1-2-19-13(18)8-9-17-12(14-15-16-17)10-11-6-4-3-5-7-11/h3-9H,2,10H2,1H3/b9-8+. The van der Waals surface area contributed by atoms with Crippen LogP contribution >= 0.6 is 0 Å². The van der Waals surface area contributed by atoms with E-state index in [0.717, 1.165) is 5.56 Å². The highest BCUT2D eigenvalue weighted by Crippen LogP contribution is 2.05. The lowest BCUT2D eigenvalue weighted by Crippen LogP contribution is -2.03. The summed E-state index contributed by atoms with van der Waals surface area (Å²) in [4.78, 5) is 11.2. The second-order valence-corrected chi connectivity index (χ2v) is 3.77. The molecule has 0 saturated carbocycles. The van der Waals surface area contributed by atoms with Crippen molar-refractivity contribution in [2.45, 2.75) is 13.3 Å². The predicted octanol–water partition coefficient (Wildman–Crippen LogP) is 1.30. The zero-order valence-electron chi connectivity index (χ0n) is 10.6. The Morgan fingerprint density at radius 2 is 2.16 bits per heavy atom. The normalized spacial score (nSPS) is 10.8. The van der Waals surface area contributed by atoms with Gasteiger partial charge in [-0.25, -0.2) is 9.48 Å². The minimum absolute atomic E-state index is 0.343. The van der Waals surface area contributed by atoms with E-state index in [9.17, 15) is 4.79 Å². The molecule has 0 atom stereocenters. The molecule has 0 aliphatic carbocycles. The Kier molecular flexibility index (Phi) is 4.39. The molecule has 0 aliphatic heterocycles. The third-order valence-corrected chi connectivity index (χ3v) is 2.40. The van der Waals surface area contributed by atoms with Crippen molar-refractivity contribution < 1.29 is 9.53 Å². The van der Waals surface area contributed by atoms with Gasteiger partial charge in [-0.05, 0) is 22.9 Å². The molecule has 1 aromatic heterocycles. The predicted molar refractivity (Wildman–Crippen MR) is 69.0 cm³/mol. The van der Waals surface area contributed by atoms with Crippen molar-refractivity contribution in [1.29, 1.82) is 0 Å². The number of nitrogens with zero attached hydrogens (tertiary/aromatic N) is 4. The first kappa shape index (κ1) is 12.9. The van der Waals surface area contributed by atoms with E-state index < -0.39 is 5.97 Å². The van der Waals surface area contributed by atoms with Crippen molar-refractivity contribution in [1.82, 2.24) is 20.2 Å². The molecule has 0 bridgehead atoms. The maximum atomic E-state index is 11.2. The second kappa shape index (κ2) is 6.44. The van der Waals surface area contributed by atoms with Crippen LogP contribution in [0.15, 0.2) is 36.4 Å². The monoisotopic (exact) mass is 258 g/mol. The zero-order chi connectivity index (χ0) is 13.5. The number of rotatable bonds is 5. The first-order valence-corrected chi connectivity index (χ1v) is 5.95. The second-order valence-electron chi connectivity index (χ2n) is 3.77. The van der Waals surface area contributed by atoms with Crippen molar-refractivity contribution >= 4 is 12.2 Å². The van der Waals surface area contributed by atoms with Crippen LogP contribution in [0, 0.1) is 0 Å². The Morgan fingerprint density at radius 3 is 2.89 bits per heavy atom. The Hall–Kier alpha value is -2.50. The minimum atomic E-state index is -0.413. The summed E-state index contributed by atoms with van der Waals surface area (Å²) in [6.07, 6.45) is 3.39. The molecule has 0 amide bonds. The Balaban J connectivity index is 2.08. The number of ether oxygens (including phenoxy) is 1. The van der Waals surface area contributed by atoms with Gasteiger partial charge in [-0.3, -0.25) is 0 Å². The van der Waals surface area contributed by atoms with E-state index in [1.165, 1.54) is 17.0 Å². The van der Waals surface area contributed by atoms with E-state index in [2.05, 4.69) is 15.5 Å². The molecule has 1 heterocycles. The van der Waals surface area contributed by atoms with Gasteiger partial charge in [0.2, 0.25) is 0 Å². The van der Waals surface area contributed by atoms with E-state index >= 15 is 0 Å². The largest absolute Gasteiger partial charge is 0.463 e. The van der Waals surface area contributed by atoms with Crippen molar-refractivity contribution in [3.05, 3.63) is 47.8 Å². The van der Waals surface area contributed by atoms with Crippen LogP contribution in [0.25, 0.3) is 6.20 Å². The number of tetrazole rings is 1. The molecule has 0 N–H and O–H groups in total. The molecule has 2 rings (SSSR count). The molecule has 6 nitrogen and oxygen atoms in total. The summed E-state index contributed by atoms with van der Waals surface area (Å²) in [7, 11) is 0. The molecule has 19 heavy (non-hydrogen) atoms. The summed E-state index contributed by atoms with van der Waals surface area (Å²) in [5.41, 5.74) is 1.10. The lowest BCUT2D eigenvalue weighted by atomic mass is 10.1. The molecule has 0 spiro atoms. The van der Waals surface area contributed by atoms with Crippen LogP contribution in [0.2, 0.25) is 0 Å². The number of hydrogen-bond acceptors (Lipinski definition) is 5. The minimum Gasteiger partial charge on any atom is -0.463 e. The fourth-order valence-corrected chi connectivity index (χ4v) is 1.54. The van der Waals surface area contributed by atoms with Crippen LogP contribution in [-0.2, 0) is 16.0 Å². The third kappa shape index (κ3) is 3.74. The third-order valence-electron chi connectivity index (χ3n) is 2.40. The van der Waals surface area contributed by atoms with Gasteiger partial charge in [0.1, 0.15) is 0 Å². The highest BCUT2D eigenvalue weighted by molar-refractivity contribution is 5.84. The van der Waals surface area contributed by atoms with Gasteiger partial charge < -0.3 is 4.74 Å². The summed E-state index contributed by atoms with van der Waals surface area (Å²) < 4.78 is 6.25. The molecule has 0 aliphatic rings. The van der Waals surface area contributed by atoms with Gasteiger partial charge in [0.25, 0.3) is 0 Å². The van der Waals surface area contributed by atoms with Crippen LogP contribution in [0.5, 0.6) is 0 Å². The van der Waals surface area contributed by atoms with Crippen LogP contribution in [0.4, 0.5) is 0 Å². The number of benzene rings is 1. The lowest BCUT2D eigenvalue weighted by Gasteiger charge is -2.00. The highest BCUT2D eigenvalue weighted by Gasteiger charge is 2.05. The topological polar surface area (TPSA) is 69.9 Å². The summed E-state index contributed by atoms with van der Waals surface area (Å²) in [5, 5.41) is 11.3. The van der Waals surface area contributed by atoms with Crippen LogP contribution in [-0.4, -0.2) is 32.8 Å². The van der Waals surface area contributed by atoms with Crippen LogP contribution in [0.1, 0.15) is 18.3 Å². The Bertz CT molecular complexity index is 563. The molecular formula is C13H14N4O2. The van der Waals surface area contributed by atoms with Gasteiger partial charge in [-0.1, -0.05) is 30.3 Å². The molecule has 0 unspecified atom stereocenters. The number of carbonyl (C=O) groups is 1. The molecule has 2 aromatic rings. The lowest BCUT2D eigenvalue weighted by molar-refractivity contribution is -0.137. The zero-order valence-corrected chi connectivity index (χ0v) is 10.6. The summed E-state index contributed by atoms with van der Waals surface area (Å²) in [6.45, 7) is 2.10. The Labute approximate surface area is 110 Å². The smallest absolute Gasteiger partial charge is 0.332 e. The van der Waals surface area contributed by atoms with E-state index in [0.29, 0.717) is 18.9 Å². The van der Waals surface area contributed by atoms with Gasteiger partial charge in [-0.2, -0.15) is 0 Å². The first-order valence-electron chi connectivity index (χ1n) is 5.95. The molecule has 0 saturated heterocycles. The van der Waals surface area contributed by atoms with Gasteiger partial charge in [-0.15, -0.1) is 5.10 Å². The Morgan fingerprint density at radius 1 is 1.37 bits per heavy atom. The molecular weight excluding hydrogens is 244 g/mol. The summed E-state index contributed by atoms with van der Waals surface area (Å²) in [5.74, 6) is 0.246. The van der Waals surface area contributed by atoms with E-state index in [4.69, 9.17) is 4.74 Å². The average Bonchev–Trinajstić information content (AvgIpc) is 2.85. The van der Waals surface area contributed by atoms with E-state index in [1.54, 1.807) is 6.92 Å². The maximum Gasteiger partial charge on any atom is 0.332 e. The van der Waals surface area contributed by atoms with Crippen LogP contribution in [0.3, 0.4) is 0 Å². The highest BCUT2D eigenvalue weighted by atomic mass is 16.5. The summed E-state index contributed by atoms with van der Waals surface area (Å²) >= 11 is 0. The number of esters is 1. The van der Waals surface area contributed by atoms with Gasteiger partial charge in [0, 0.05) is 18.7 Å². The van der Waals surface area contributed by atoms with E-state index in [1.807, 2.05) is 30.3 Å². The van der Waals surface area contributed by atoms with Crippen molar-refractivity contribution in [2.24, 2.45) is 0 Å². The van der Waals surface area contributed by atoms with Crippen molar-refractivity contribution in [3.63, 3.8) is 0 Å². The number of carbonyl (C=O) groups excluding carboxylic acids is 1. The average molecular weight is 258 g/mol. The van der Waals surface area contributed by atoms with Gasteiger partial charge in [0.05, 0.1) is 6.61 Å². The molecule has 6 heteroatoms. The van der Waals surface area contributed by atoms with Crippen molar-refractivity contribution in [2.75, 3.05) is 6.61 Å². The SMILES string of the molecule is CCOC(=O)/C=C/n1nnnc1Cc1ccccc1. The molecule has 1 aromatic carbocycles. The van der Waals surface area contributed by atoms with E-state index in [-0.39, 0.29) is 0 Å². The molecule has 0 fully saturated rings. The number of hydrogen-bond donors (Lipinski definition) is 0. The quantitative estimate of drug-likeness (QED) is 0.597. The summed E-state index contributed by atoms with van der Waals surface area (Å²) in [6, 6.07) is 9.85. The molecule has 98 valence electrons. The fourth-order valence-electron chi connectivity index (χ4n) is 1.54. The van der Waals surface area contributed by atoms with Gasteiger partial charge in [0.15, 0.2) is 5.82 Å². The maximum absolute atomic E-state index is 11.2. The fraction of sp³-hybridized carbons (Fsp3) is 0.231.